The van der Waals surface area contributed by atoms with Crippen LogP contribution >= 0.6 is 0 Å². The van der Waals surface area contributed by atoms with Crippen molar-refractivity contribution in [3.63, 3.8) is 0 Å². The van der Waals surface area contributed by atoms with Gasteiger partial charge in [0.15, 0.2) is 0 Å². The molecule has 0 aliphatic rings. The molecular formula is C20H31NO2. The second-order valence-corrected chi connectivity index (χ2v) is 6.81. The number of alkyl carbamates (subject to hydrolysis) is 1. The molecule has 0 aliphatic carbocycles. The number of amides is 1. The van der Waals surface area contributed by atoms with E-state index in [1.54, 1.807) is 0 Å². The summed E-state index contributed by atoms with van der Waals surface area (Å²) in [7, 11) is 0. The predicted octanol–water partition coefficient (Wildman–Crippen LogP) is 5.04. The van der Waals surface area contributed by atoms with Crippen molar-refractivity contribution in [2.24, 2.45) is 0 Å². The highest BCUT2D eigenvalue weighted by molar-refractivity contribution is 5.67. The van der Waals surface area contributed by atoms with Crippen LogP contribution < -0.4 is 5.32 Å². The van der Waals surface area contributed by atoms with E-state index < -0.39 is 5.60 Å². The highest BCUT2D eigenvalue weighted by atomic mass is 16.6. The third-order valence-corrected chi connectivity index (χ3v) is 3.37. The molecule has 0 bridgehead atoms. The van der Waals surface area contributed by atoms with Crippen molar-refractivity contribution in [1.29, 1.82) is 0 Å². The molecule has 23 heavy (non-hydrogen) atoms. The zero-order valence-corrected chi connectivity index (χ0v) is 15.0. The van der Waals surface area contributed by atoms with Crippen molar-refractivity contribution in [1.82, 2.24) is 5.32 Å². The van der Waals surface area contributed by atoms with E-state index in [4.69, 9.17) is 4.74 Å². The van der Waals surface area contributed by atoms with Gasteiger partial charge in [0.2, 0.25) is 0 Å². The molecule has 1 rings (SSSR count). The van der Waals surface area contributed by atoms with Crippen LogP contribution in [-0.2, 0) is 17.6 Å². The fourth-order valence-electron chi connectivity index (χ4n) is 2.33. The van der Waals surface area contributed by atoms with E-state index >= 15 is 0 Å². The Labute approximate surface area is 141 Å². The van der Waals surface area contributed by atoms with Crippen molar-refractivity contribution in [3.8, 4) is 0 Å². The number of ether oxygens (including phenoxy) is 1. The van der Waals surface area contributed by atoms with Gasteiger partial charge in [-0.1, -0.05) is 36.4 Å². The number of unbranched alkanes of at least 4 members (excludes halogenated alkanes) is 1. The molecular weight excluding hydrogens is 286 g/mol. The van der Waals surface area contributed by atoms with Gasteiger partial charge in [-0.3, -0.25) is 0 Å². The first-order chi connectivity index (χ1) is 10.9. The first kappa shape index (κ1) is 19.3. The molecule has 0 aliphatic heterocycles. The Hall–Kier alpha value is -1.77. The summed E-state index contributed by atoms with van der Waals surface area (Å²) in [5.74, 6) is 0. The third kappa shape index (κ3) is 9.77. The van der Waals surface area contributed by atoms with E-state index in [9.17, 15) is 4.79 Å². The Morgan fingerprint density at radius 2 is 1.83 bits per heavy atom. The van der Waals surface area contributed by atoms with Crippen molar-refractivity contribution < 1.29 is 9.53 Å². The second-order valence-electron chi connectivity index (χ2n) is 6.81. The normalized spacial score (nSPS) is 11.7. The molecule has 0 fully saturated rings. The highest BCUT2D eigenvalue weighted by Crippen LogP contribution is 2.11. The smallest absolute Gasteiger partial charge is 0.407 e. The van der Waals surface area contributed by atoms with Crippen LogP contribution in [0, 0.1) is 0 Å². The Bertz CT molecular complexity index is 501. The van der Waals surface area contributed by atoms with E-state index in [2.05, 4.69) is 48.7 Å². The second kappa shape index (κ2) is 10.1. The number of allylic oxidation sites excluding steroid dienone is 2. The number of benzene rings is 1. The Balaban J connectivity index is 2.28. The summed E-state index contributed by atoms with van der Waals surface area (Å²) in [5, 5.41) is 2.80. The summed E-state index contributed by atoms with van der Waals surface area (Å²) in [5.41, 5.74) is 2.29. The van der Waals surface area contributed by atoms with E-state index in [1.165, 1.54) is 17.5 Å². The number of hydrogen-bond acceptors (Lipinski definition) is 2. The lowest BCUT2D eigenvalue weighted by Crippen LogP contribution is -2.33. The largest absolute Gasteiger partial charge is 0.444 e. The quantitative estimate of drug-likeness (QED) is 0.538. The van der Waals surface area contributed by atoms with Crippen LogP contribution in [0.4, 0.5) is 4.79 Å². The van der Waals surface area contributed by atoms with Gasteiger partial charge >= 0.3 is 6.09 Å². The van der Waals surface area contributed by atoms with Gasteiger partial charge in [0, 0.05) is 6.54 Å². The number of carbonyl (C=O) groups is 1. The van der Waals surface area contributed by atoms with Gasteiger partial charge in [0.05, 0.1) is 0 Å². The standard InChI is InChI=1S/C20H31NO2/c1-5-6-7-8-11-17-12-9-13-18(16-17)14-10-15-21-19(22)23-20(2,3)4/h5-6,9,12-13,16H,7-8,10-11,14-15H2,1-4H3,(H,21,22). The van der Waals surface area contributed by atoms with Crippen LogP contribution in [0.5, 0.6) is 0 Å². The van der Waals surface area contributed by atoms with Crippen molar-refractivity contribution >= 4 is 6.09 Å². The first-order valence-corrected chi connectivity index (χ1v) is 8.56. The summed E-state index contributed by atoms with van der Waals surface area (Å²) < 4.78 is 5.22. The van der Waals surface area contributed by atoms with Gasteiger partial charge in [-0.15, -0.1) is 0 Å². The van der Waals surface area contributed by atoms with Gasteiger partial charge in [-0.05, 0) is 70.9 Å². The van der Waals surface area contributed by atoms with E-state index in [-0.39, 0.29) is 6.09 Å². The molecule has 1 aromatic carbocycles. The molecule has 0 atom stereocenters. The lowest BCUT2D eigenvalue weighted by Gasteiger charge is -2.19. The van der Waals surface area contributed by atoms with Crippen LogP contribution in [0.1, 0.15) is 58.1 Å². The number of rotatable bonds is 8. The van der Waals surface area contributed by atoms with E-state index in [0.29, 0.717) is 6.54 Å². The minimum Gasteiger partial charge on any atom is -0.444 e. The monoisotopic (exact) mass is 317 g/mol. The maximum atomic E-state index is 11.6. The fourth-order valence-corrected chi connectivity index (χ4v) is 2.33. The number of carbonyl (C=O) groups excluding carboxylic acids is 1. The van der Waals surface area contributed by atoms with Gasteiger partial charge in [-0.25, -0.2) is 4.79 Å². The molecule has 0 saturated heterocycles. The molecule has 0 unspecified atom stereocenters. The summed E-state index contributed by atoms with van der Waals surface area (Å²) in [6.07, 6.45) is 9.32. The lowest BCUT2D eigenvalue weighted by atomic mass is 10.0. The van der Waals surface area contributed by atoms with Gasteiger partial charge in [0.1, 0.15) is 5.60 Å². The number of nitrogens with one attached hydrogen (secondary N) is 1. The molecule has 0 heterocycles. The molecule has 0 aromatic heterocycles. The zero-order chi connectivity index (χ0) is 17.1. The summed E-state index contributed by atoms with van der Waals surface area (Å²) in [6.45, 7) is 8.31. The number of hydrogen-bond donors (Lipinski definition) is 1. The average molecular weight is 317 g/mol. The van der Waals surface area contributed by atoms with Crippen molar-refractivity contribution in [2.75, 3.05) is 6.54 Å². The Morgan fingerprint density at radius 1 is 1.17 bits per heavy atom. The van der Waals surface area contributed by atoms with Crippen molar-refractivity contribution in [2.45, 2.75) is 65.4 Å². The van der Waals surface area contributed by atoms with Crippen LogP contribution in [-0.4, -0.2) is 18.2 Å². The van der Waals surface area contributed by atoms with Crippen LogP contribution in [0.25, 0.3) is 0 Å². The molecule has 1 N–H and O–H groups in total. The molecule has 3 nitrogen and oxygen atoms in total. The Kier molecular flexibility index (Phi) is 8.46. The first-order valence-electron chi connectivity index (χ1n) is 8.56. The van der Waals surface area contributed by atoms with Gasteiger partial charge in [0.25, 0.3) is 0 Å². The summed E-state index contributed by atoms with van der Waals surface area (Å²) in [4.78, 5) is 11.6. The fraction of sp³-hybridized carbons (Fsp3) is 0.550. The summed E-state index contributed by atoms with van der Waals surface area (Å²) >= 11 is 0. The van der Waals surface area contributed by atoms with Gasteiger partial charge < -0.3 is 10.1 Å². The third-order valence-electron chi connectivity index (χ3n) is 3.37. The van der Waals surface area contributed by atoms with Gasteiger partial charge in [-0.2, -0.15) is 0 Å². The zero-order valence-electron chi connectivity index (χ0n) is 15.0. The maximum Gasteiger partial charge on any atom is 0.407 e. The highest BCUT2D eigenvalue weighted by Gasteiger charge is 2.15. The summed E-state index contributed by atoms with van der Waals surface area (Å²) in [6, 6.07) is 8.76. The Morgan fingerprint density at radius 3 is 2.43 bits per heavy atom. The van der Waals surface area contributed by atoms with Crippen LogP contribution in [0.2, 0.25) is 0 Å². The van der Waals surface area contributed by atoms with E-state index in [0.717, 1.165) is 25.7 Å². The molecule has 3 heteroatoms. The minimum atomic E-state index is -0.439. The topological polar surface area (TPSA) is 38.3 Å². The van der Waals surface area contributed by atoms with Crippen LogP contribution in [0.15, 0.2) is 36.4 Å². The van der Waals surface area contributed by atoms with E-state index in [1.807, 2.05) is 20.8 Å². The maximum absolute atomic E-state index is 11.6. The average Bonchev–Trinajstić information content (AvgIpc) is 2.47. The minimum absolute atomic E-state index is 0.338. The molecule has 0 spiro atoms. The molecule has 128 valence electrons. The predicted molar refractivity (Wildman–Crippen MR) is 96.8 cm³/mol. The molecule has 0 saturated carbocycles. The molecule has 1 aromatic rings. The SMILES string of the molecule is CC=CCCCc1cccc(CCCNC(=O)OC(C)(C)C)c1. The number of aryl methyl sites for hydroxylation is 2. The van der Waals surface area contributed by atoms with Crippen molar-refractivity contribution in [3.05, 3.63) is 47.5 Å². The molecule has 0 radical (unpaired) electrons. The van der Waals surface area contributed by atoms with Crippen LogP contribution in [0.3, 0.4) is 0 Å². The lowest BCUT2D eigenvalue weighted by molar-refractivity contribution is 0.0527. The molecule has 1 amide bonds.